The minimum absolute atomic E-state index is 0.0495. The van der Waals surface area contributed by atoms with Gasteiger partial charge in [0, 0.05) is 31.1 Å². The summed E-state index contributed by atoms with van der Waals surface area (Å²) in [5.74, 6) is 5.60. The monoisotopic (exact) mass is 615 g/mol. The number of hydrogen-bond acceptors (Lipinski definition) is 4. The standard InChI is InChI=1S/C36H55Cl2N3O/c1-21-9-14-36(41-19-21)22(2)33-32(42-36)18-29-27-7-6-24-17-26(10-12-34(24,3)28(27)11-13-35(29,33)4)40-20-25(39)15-23-5-8-30(37)31(38)16-23/h5,8,16,21-22,24-29,32-33,40-41H,6-7,9-15,17-20,39H2,1-4H3/t21-,22-,24-,25-,26?,27+,28-,29-,32-,33-,34-,35-,36-/m0/s1. The van der Waals surface area contributed by atoms with Gasteiger partial charge in [0.05, 0.1) is 16.1 Å². The van der Waals surface area contributed by atoms with E-state index in [9.17, 15) is 0 Å². The zero-order valence-electron chi connectivity index (χ0n) is 26.4. The molecule has 0 aromatic heterocycles. The minimum atomic E-state index is -0.0495. The molecule has 2 aliphatic heterocycles. The number of nitrogens with one attached hydrogen (secondary N) is 2. The number of hydrogen-bond donors (Lipinski definition) is 3. The molecule has 4 aliphatic carbocycles. The third-order valence-corrected chi connectivity index (χ3v) is 15.0. The molecular weight excluding hydrogens is 561 g/mol. The van der Waals surface area contributed by atoms with Crippen molar-refractivity contribution >= 4 is 23.2 Å². The highest BCUT2D eigenvalue weighted by Gasteiger charge is 2.68. The Hall–Kier alpha value is -0.360. The number of nitrogens with two attached hydrogens (primary N) is 1. The summed E-state index contributed by atoms with van der Waals surface area (Å²) in [4.78, 5) is 0. The third kappa shape index (κ3) is 4.92. The number of halogens is 2. The molecule has 0 radical (unpaired) electrons. The van der Waals surface area contributed by atoms with Crippen molar-refractivity contribution in [2.24, 2.45) is 58.0 Å². The van der Waals surface area contributed by atoms with Crippen LogP contribution >= 0.6 is 23.2 Å². The second kappa shape index (κ2) is 11.2. The summed E-state index contributed by atoms with van der Waals surface area (Å²) >= 11 is 12.3. The molecule has 13 atom stereocenters. The molecule has 4 nitrogen and oxygen atoms in total. The molecule has 1 spiro atoms. The van der Waals surface area contributed by atoms with Crippen LogP contribution in [0.5, 0.6) is 0 Å². The second-order valence-electron chi connectivity index (χ2n) is 16.4. The lowest BCUT2D eigenvalue weighted by Crippen LogP contribution is -2.58. The van der Waals surface area contributed by atoms with Crippen molar-refractivity contribution in [2.45, 2.75) is 122 Å². The van der Waals surface area contributed by atoms with Crippen LogP contribution in [-0.4, -0.2) is 37.0 Å². The number of ether oxygens (including phenoxy) is 1. The van der Waals surface area contributed by atoms with Crippen molar-refractivity contribution in [3.8, 4) is 0 Å². The molecule has 0 amide bonds. The predicted octanol–water partition coefficient (Wildman–Crippen LogP) is 7.84. The van der Waals surface area contributed by atoms with Crippen molar-refractivity contribution in [1.82, 2.24) is 10.6 Å². The van der Waals surface area contributed by atoms with Crippen molar-refractivity contribution in [3.63, 3.8) is 0 Å². The molecule has 6 fully saturated rings. The quantitative estimate of drug-likeness (QED) is 0.316. The Bertz CT molecular complexity index is 1150. The number of rotatable bonds is 5. The van der Waals surface area contributed by atoms with Gasteiger partial charge in [0.15, 0.2) is 0 Å². The van der Waals surface area contributed by atoms with E-state index in [1.165, 1.54) is 64.2 Å². The van der Waals surface area contributed by atoms with Crippen LogP contribution in [0.4, 0.5) is 0 Å². The van der Waals surface area contributed by atoms with Crippen LogP contribution in [0, 0.1) is 52.3 Å². The van der Waals surface area contributed by atoms with E-state index in [2.05, 4.69) is 38.3 Å². The van der Waals surface area contributed by atoms with Crippen LogP contribution in [0.1, 0.15) is 97.5 Å². The van der Waals surface area contributed by atoms with Crippen LogP contribution in [0.25, 0.3) is 0 Å². The molecule has 2 heterocycles. The lowest BCUT2D eigenvalue weighted by molar-refractivity contribution is -0.134. The maximum Gasteiger partial charge on any atom is 0.122 e. The van der Waals surface area contributed by atoms with Crippen LogP contribution < -0.4 is 16.4 Å². The highest BCUT2D eigenvalue weighted by Crippen LogP contribution is 2.71. The normalized spacial score (nSPS) is 48.8. The first-order valence-corrected chi connectivity index (χ1v) is 18.1. The fourth-order valence-corrected chi connectivity index (χ4v) is 12.3. The van der Waals surface area contributed by atoms with Crippen LogP contribution in [0.15, 0.2) is 18.2 Å². The topological polar surface area (TPSA) is 59.3 Å². The molecule has 7 rings (SSSR count). The maximum absolute atomic E-state index is 7.11. The molecule has 1 unspecified atom stereocenters. The van der Waals surface area contributed by atoms with Gasteiger partial charge >= 0.3 is 0 Å². The van der Waals surface area contributed by atoms with E-state index in [1.807, 2.05) is 18.2 Å². The van der Waals surface area contributed by atoms with Gasteiger partial charge in [-0.1, -0.05) is 57.0 Å². The zero-order chi connectivity index (χ0) is 29.4. The van der Waals surface area contributed by atoms with Crippen molar-refractivity contribution in [2.75, 3.05) is 13.1 Å². The molecule has 42 heavy (non-hydrogen) atoms. The van der Waals surface area contributed by atoms with E-state index in [0.29, 0.717) is 38.9 Å². The van der Waals surface area contributed by atoms with Gasteiger partial charge in [-0.05, 0) is 135 Å². The molecule has 234 valence electrons. The second-order valence-corrected chi connectivity index (χ2v) is 17.2. The summed E-state index contributed by atoms with van der Waals surface area (Å²) in [7, 11) is 0. The molecule has 0 bridgehead atoms. The fourth-order valence-electron chi connectivity index (χ4n) is 12.0. The molecule has 4 N–H and O–H groups in total. The van der Waals surface area contributed by atoms with E-state index >= 15 is 0 Å². The van der Waals surface area contributed by atoms with Gasteiger partial charge in [0.25, 0.3) is 0 Å². The van der Waals surface area contributed by atoms with Crippen LogP contribution in [0.3, 0.4) is 0 Å². The Morgan fingerprint density at radius 2 is 1.79 bits per heavy atom. The summed E-state index contributed by atoms with van der Waals surface area (Å²) in [5, 5.41) is 9.03. The third-order valence-electron chi connectivity index (χ3n) is 14.3. The predicted molar refractivity (Wildman–Crippen MR) is 174 cm³/mol. The van der Waals surface area contributed by atoms with Crippen LogP contribution in [-0.2, 0) is 11.2 Å². The smallest absolute Gasteiger partial charge is 0.122 e. The molecule has 6 aliphatic rings. The lowest BCUT2D eigenvalue weighted by atomic mass is 9.44. The SMILES string of the molecule is C[C@H]1CC[C@]2(NC1)O[C@H]1C[C@H]3[C@@H]4CC[C@H]5CC(NC[C@@H](N)Cc6ccc(Cl)c(Cl)c6)CC[C@]5(C)[C@H]4CC[C@]3(C)[C@H]1[C@@H]2C. The van der Waals surface area contributed by atoms with Gasteiger partial charge in [-0.2, -0.15) is 0 Å². The largest absolute Gasteiger partial charge is 0.357 e. The average Bonchev–Trinajstić information content (AvgIpc) is 3.41. The lowest BCUT2D eigenvalue weighted by Gasteiger charge is -2.61. The fraction of sp³-hybridized carbons (Fsp3) is 0.833. The minimum Gasteiger partial charge on any atom is -0.357 e. The van der Waals surface area contributed by atoms with E-state index in [-0.39, 0.29) is 11.8 Å². The van der Waals surface area contributed by atoms with Gasteiger partial charge in [-0.15, -0.1) is 0 Å². The van der Waals surface area contributed by atoms with Crippen molar-refractivity contribution < 1.29 is 4.74 Å². The molecule has 2 saturated heterocycles. The average molecular weight is 617 g/mol. The van der Waals surface area contributed by atoms with E-state index in [1.54, 1.807) is 0 Å². The van der Waals surface area contributed by atoms with E-state index in [4.69, 9.17) is 33.7 Å². The Labute approximate surface area is 265 Å². The summed E-state index contributed by atoms with van der Waals surface area (Å²) in [6, 6.07) is 6.56. The highest BCUT2D eigenvalue weighted by atomic mass is 35.5. The first-order valence-electron chi connectivity index (χ1n) is 17.4. The highest BCUT2D eigenvalue weighted by molar-refractivity contribution is 6.42. The first-order chi connectivity index (χ1) is 20.0. The maximum atomic E-state index is 7.11. The summed E-state index contributed by atoms with van der Waals surface area (Å²) < 4.78 is 7.11. The number of fused-ring (bicyclic) bond motifs is 7. The molecule has 1 aromatic carbocycles. The van der Waals surface area contributed by atoms with Gasteiger partial charge in [0.2, 0.25) is 0 Å². The Morgan fingerprint density at radius 3 is 2.55 bits per heavy atom. The summed E-state index contributed by atoms with van der Waals surface area (Å²) in [5.41, 5.74) is 8.62. The Balaban J connectivity index is 0.971. The van der Waals surface area contributed by atoms with Gasteiger partial charge in [-0.3, -0.25) is 5.32 Å². The van der Waals surface area contributed by atoms with Crippen molar-refractivity contribution in [3.05, 3.63) is 33.8 Å². The van der Waals surface area contributed by atoms with Gasteiger partial charge in [-0.25, -0.2) is 0 Å². The summed E-state index contributed by atoms with van der Waals surface area (Å²) in [6.07, 6.45) is 14.8. The molecule has 6 heteroatoms. The first kappa shape index (κ1) is 30.3. The van der Waals surface area contributed by atoms with Gasteiger partial charge < -0.3 is 15.8 Å². The number of benzene rings is 1. The molecule has 1 aromatic rings. The Morgan fingerprint density at radius 1 is 0.976 bits per heavy atom. The molecular formula is C36H55Cl2N3O. The van der Waals surface area contributed by atoms with Crippen LogP contribution in [0.2, 0.25) is 10.0 Å². The van der Waals surface area contributed by atoms with Crippen molar-refractivity contribution in [1.29, 1.82) is 0 Å². The van der Waals surface area contributed by atoms with E-state index < -0.39 is 0 Å². The number of piperidine rings is 1. The van der Waals surface area contributed by atoms with Gasteiger partial charge in [0.1, 0.15) is 5.72 Å². The Kier molecular flexibility index (Phi) is 8.05. The molecule has 4 saturated carbocycles. The summed E-state index contributed by atoms with van der Waals surface area (Å²) in [6.45, 7) is 12.3. The zero-order valence-corrected chi connectivity index (χ0v) is 28.0. The van der Waals surface area contributed by atoms with E-state index in [0.717, 1.165) is 60.6 Å².